The van der Waals surface area contributed by atoms with E-state index in [-0.39, 0.29) is 5.43 Å². The van der Waals surface area contributed by atoms with Gasteiger partial charge in [0.1, 0.15) is 5.82 Å². The highest BCUT2D eigenvalue weighted by molar-refractivity contribution is 5.76. The standard InChI is InChI=1S/C14H14N4O2/c1-3-20-12-5-4-10-14(17-12)18-13(16-10)9-7-15-8(2)6-11(9)19/h4-7H,3H2,1-2H3,(H,15,19)(H,16,17,18). The number of H-pyrrole nitrogens is 2. The SMILES string of the molecule is CCOc1ccc2[nH]c(-c3c[nH]c(C)cc3=O)nc2n1. The molecule has 2 N–H and O–H groups in total. The number of aromatic amines is 2. The maximum Gasteiger partial charge on any atom is 0.215 e. The van der Waals surface area contributed by atoms with Gasteiger partial charge >= 0.3 is 0 Å². The van der Waals surface area contributed by atoms with E-state index < -0.39 is 0 Å². The Hall–Kier alpha value is -2.63. The Morgan fingerprint density at radius 2 is 2.15 bits per heavy atom. The highest BCUT2D eigenvalue weighted by Crippen LogP contribution is 2.18. The second-order valence-corrected chi connectivity index (χ2v) is 4.43. The lowest BCUT2D eigenvalue weighted by atomic mass is 10.2. The summed E-state index contributed by atoms with van der Waals surface area (Å²) in [5, 5.41) is 0. The highest BCUT2D eigenvalue weighted by atomic mass is 16.5. The topological polar surface area (TPSA) is 83.7 Å². The highest BCUT2D eigenvalue weighted by Gasteiger charge is 2.10. The van der Waals surface area contributed by atoms with Crippen LogP contribution in [0.2, 0.25) is 0 Å². The molecule has 102 valence electrons. The van der Waals surface area contributed by atoms with Crippen LogP contribution in [0.1, 0.15) is 12.6 Å². The van der Waals surface area contributed by atoms with Gasteiger partial charge in [0.05, 0.1) is 17.7 Å². The van der Waals surface area contributed by atoms with Crippen molar-refractivity contribution in [2.24, 2.45) is 0 Å². The molecule has 0 bridgehead atoms. The number of aryl methyl sites for hydroxylation is 1. The van der Waals surface area contributed by atoms with E-state index in [1.54, 1.807) is 18.3 Å². The van der Waals surface area contributed by atoms with Crippen LogP contribution in [-0.4, -0.2) is 26.5 Å². The van der Waals surface area contributed by atoms with Gasteiger partial charge in [0, 0.05) is 24.0 Å². The van der Waals surface area contributed by atoms with Crippen molar-refractivity contribution in [3.8, 4) is 17.3 Å². The average Bonchev–Trinajstić information content (AvgIpc) is 2.81. The molecule has 3 aromatic heterocycles. The molecule has 20 heavy (non-hydrogen) atoms. The number of pyridine rings is 2. The maximum atomic E-state index is 12.0. The first-order valence-electron chi connectivity index (χ1n) is 6.36. The number of hydrogen-bond donors (Lipinski definition) is 2. The summed E-state index contributed by atoms with van der Waals surface area (Å²) in [5.74, 6) is 1.03. The predicted molar refractivity (Wildman–Crippen MR) is 75.9 cm³/mol. The number of rotatable bonds is 3. The fourth-order valence-corrected chi connectivity index (χ4v) is 1.99. The van der Waals surface area contributed by atoms with Crippen LogP contribution in [0.25, 0.3) is 22.6 Å². The van der Waals surface area contributed by atoms with E-state index in [9.17, 15) is 4.79 Å². The predicted octanol–water partition coefficient (Wildman–Crippen LogP) is 2.02. The van der Waals surface area contributed by atoms with Crippen molar-refractivity contribution in [2.75, 3.05) is 6.61 Å². The number of aromatic nitrogens is 4. The summed E-state index contributed by atoms with van der Waals surface area (Å²) in [4.78, 5) is 26.7. The van der Waals surface area contributed by atoms with Gasteiger partial charge in [-0.25, -0.2) is 4.98 Å². The first kappa shape index (κ1) is 12.4. The monoisotopic (exact) mass is 270 g/mol. The van der Waals surface area contributed by atoms with Crippen molar-refractivity contribution in [1.29, 1.82) is 0 Å². The van der Waals surface area contributed by atoms with Gasteiger partial charge in [-0.3, -0.25) is 4.79 Å². The van der Waals surface area contributed by atoms with Crippen LogP contribution in [0.3, 0.4) is 0 Å². The molecule has 3 rings (SSSR count). The molecule has 0 amide bonds. The van der Waals surface area contributed by atoms with E-state index in [1.165, 1.54) is 0 Å². The zero-order chi connectivity index (χ0) is 14.1. The lowest BCUT2D eigenvalue weighted by Gasteiger charge is -1.99. The van der Waals surface area contributed by atoms with Gasteiger partial charge < -0.3 is 14.7 Å². The van der Waals surface area contributed by atoms with Gasteiger partial charge in [0.15, 0.2) is 11.1 Å². The van der Waals surface area contributed by atoms with Gasteiger partial charge in [0.25, 0.3) is 0 Å². The van der Waals surface area contributed by atoms with Gasteiger partial charge in [-0.05, 0) is 19.9 Å². The third-order valence-electron chi connectivity index (χ3n) is 2.92. The molecule has 0 saturated carbocycles. The lowest BCUT2D eigenvalue weighted by Crippen LogP contribution is -2.05. The van der Waals surface area contributed by atoms with Gasteiger partial charge in [0.2, 0.25) is 5.88 Å². The van der Waals surface area contributed by atoms with E-state index in [4.69, 9.17) is 4.74 Å². The van der Waals surface area contributed by atoms with Gasteiger partial charge in [-0.1, -0.05) is 0 Å². The lowest BCUT2D eigenvalue weighted by molar-refractivity contribution is 0.328. The minimum absolute atomic E-state index is 0.0784. The van der Waals surface area contributed by atoms with Crippen LogP contribution in [-0.2, 0) is 0 Å². The van der Waals surface area contributed by atoms with Crippen LogP contribution in [0, 0.1) is 6.92 Å². The second kappa shape index (κ2) is 4.80. The molecule has 0 atom stereocenters. The van der Waals surface area contributed by atoms with E-state index in [0.717, 1.165) is 11.2 Å². The third-order valence-corrected chi connectivity index (χ3v) is 2.92. The van der Waals surface area contributed by atoms with Crippen molar-refractivity contribution in [3.05, 3.63) is 40.3 Å². The van der Waals surface area contributed by atoms with Crippen molar-refractivity contribution < 1.29 is 4.74 Å². The third kappa shape index (κ3) is 2.16. The van der Waals surface area contributed by atoms with Crippen LogP contribution in [0.4, 0.5) is 0 Å². The molecule has 0 aliphatic heterocycles. The largest absolute Gasteiger partial charge is 0.478 e. The molecule has 0 fully saturated rings. The Balaban J connectivity index is 2.10. The Morgan fingerprint density at radius 1 is 1.30 bits per heavy atom. The van der Waals surface area contributed by atoms with Crippen molar-refractivity contribution in [3.63, 3.8) is 0 Å². The van der Waals surface area contributed by atoms with Gasteiger partial charge in [-0.15, -0.1) is 0 Å². The van der Waals surface area contributed by atoms with E-state index in [2.05, 4.69) is 19.9 Å². The summed E-state index contributed by atoms with van der Waals surface area (Å²) in [6.07, 6.45) is 1.65. The number of ether oxygens (including phenoxy) is 1. The zero-order valence-corrected chi connectivity index (χ0v) is 11.2. The summed E-state index contributed by atoms with van der Waals surface area (Å²) in [6.45, 7) is 4.28. The van der Waals surface area contributed by atoms with Crippen LogP contribution < -0.4 is 10.2 Å². The number of hydrogen-bond acceptors (Lipinski definition) is 4. The summed E-state index contributed by atoms with van der Waals surface area (Å²) in [7, 11) is 0. The van der Waals surface area contributed by atoms with E-state index in [1.807, 2.05) is 19.9 Å². The summed E-state index contributed by atoms with van der Waals surface area (Å²) < 4.78 is 5.34. The maximum absolute atomic E-state index is 12.0. The van der Waals surface area contributed by atoms with Crippen molar-refractivity contribution in [2.45, 2.75) is 13.8 Å². The Bertz CT molecular complexity index is 819. The number of imidazole rings is 1. The van der Waals surface area contributed by atoms with E-state index in [0.29, 0.717) is 29.5 Å². The molecule has 0 spiro atoms. The minimum atomic E-state index is -0.0784. The number of fused-ring (bicyclic) bond motifs is 1. The molecular weight excluding hydrogens is 256 g/mol. The molecule has 0 unspecified atom stereocenters. The molecule has 0 aliphatic carbocycles. The smallest absolute Gasteiger partial charge is 0.215 e. The average molecular weight is 270 g/mol. The second-order valence-electron chi connectivity index (χ2n) is 4.43. The van der Waals surface area contributed by atoms with Crippen molar-refractivity contribution in [1.82, 2.24) is 19.9 Å². The quantitative estimate of drug-likeness (QED) is 0.762. The fourth-order valence-electron chi connectivity index (χ4n) is 1.99. The number of nitrogens with one attached hydrogen (secondary N) is 2. The van der Waals surface area contributed by atoms with Crippen LogP contribution in [0.15, 0.2) is 29.2 Å². The normalized spacial score (nSPS) is 10.9. The molecule has 6 heteroatoms. The molecule has 0 aliphatic rings. The molecular formula is C14H14N4O2. The summed E-state index contributed by atoms with van der Waals surface area (Å²) in [6, 6.07) is 5.15. The Labute approximate surface area is 114 Å². The van der Waals surface area contributed by atoms with Gasteiger partial charge in [-0.2, -0.15) is 4.98 Å². The van der Waals surface area contributed by atoms with Crippen molar-refractivity contribution >= 4 is 11.2 Å². The fraction of sp³-hybridized carbons (Fsp3) is 0.214. The zero-order valence-electron chi connectivity index (χ0n) is 11.2. The molecule has 6 nitrogen and oxygen atoms in total. The summed E-state index contributed by atoms with van der Waals surface area (Å²) in [5.41, 5.74) is 2.53. The number of nitrogens with zero attached hydrogens (tertiary/aromatic N) is 2. The van der Waals surface area contributed by atoms with Crippen LogP contribution >= 0.6 is 0 Å². The molecule has 0 radical (unpaired) electrons. The summed E-state index contributed by atoms with van der Waals surface area (Å²) >= 11 is 0. The molecule has 3 aromatic rings. The Morgan fingerprint density at radius 3 is 2.90 bits per heavy atom. The first-order valence-corrected chi connectivity index (χ1v) is 6.36. The van der Waals surface area contributed by atoms with E-state index >= 15 is 0 Å². The Kier molecular flexibility index (Phi) is 2.98. The minimum Gasteiger partial charge on any atom is -0.478 e. The molecule has 3 heterocycles. The van der Waals surface area contributed by atoms with Crippen LogP contribution in [0.5, 0.6) is 5.88 Å². The first-order chi connectivity index (χ1) is 9.67. The molecule has 0 saturated heterocycles. The molecule has 0 aromatic carbocycles.